The van der Waals surface area contributed by atoms with E-state index < -0.39 is 0 Å². The van der Waals surface area contributed by atoms with E-state index in [1.807, 2.05) is 24.3 Å². The summed E-state index contributed by atoms with van der Waals surface area (Å²) in [4.78, 5) is 29.0. The smallest absolute Gasteiger partial charge is 0.253 e. The third kappa shape index (κ3) is 4.44. The van der Waals surface area contributed by atoms with Gasteiger partial charge >= 0.3 is 0 Å². The van der Waals surface area contributed by atoms with Crippen molar-refractivity contribution >= 4 is 39.1 Å². The highest BCUT2D eigenvalue weighted by Gasteiger charge is 2.13. The monoisotopic (exact) mass is 368 g/mol. The largest absolute Gasteiger partial charge is 0.351 e. The van der Waals surface area contributed by atoms with Gasteiger partial charge in [0.25, 0.3) is 5.91 Å². The zero-order valence-corrected chi connectivity index (χ0v) is 15.0. The van der Waals surface area contributed by atoms with Crippen LogP contribution in [0.5, 0.6) is 0 Å². The summed E-state index contributed by atoms with van der Waals surface area (Å²) in [6.07, 6.45) is 0.866. The molecule has 0 unspecified atom stereocenters. The summed E-state index contributed by atoms with van der Waals surface area (Å²) in [5.74, 6) is -0.402. The summed E-state index contributed by atoms with van der Waals surface area (Å²) >= 11 is 1.60. The predicted octanol–water partition coefficient (Wildman–Crippen LogP) is 2.56. The average molecular weight is 368 g/mol. The van der Waals surface area contributed by atoms with Crippen molar-refractivity contribution in [1.82, 2.24) is 10.3 Å². The van der Waals surface area contributed by atoms with Gasteiger partial charge in [-0.25, -0.2) is 4.98 Å². The van der Waals surface area contributed by atoms with Crippen LogP contribution in [0.15, 0.2) is 48.5 Å². The maximum absolute atomic E-state index is 12.3. The standard InChI is InChI=1S/C19H20N4O2S/c20-11-12-21-19(25)13-5-1-2-6-14(13)22-17(24)9-10-18-23-15-7-3-4-8-16(15)26-18/h1-8H,9-12,20H2,(H,21,25)(H,22,24). The summed E-state index contributed by atoms with van der Waals surface area (Å²) < 4.78 is 1.12. The minimum atomic E-state index is -0.252. The van der Waals surface area contributed by atoms with E-state index >= 15 is 0 Å². The number of thiazole rings is 1. The number of anilines is 1. The number of rotatable bonds is 7. The molecule has 0 bridgehead atoms. The fraction of sp³-hybridized carbons (Fsp3) is 0.211. The number of nitrogens with one attached hydrogen (secondary N) is 2. The van der Waals surface area contributed by atoms with Crippen LogP contribution in [0, 0.1) is 0 Å². The van der Waals surface area contributed by atoms with Crippen molar-refractivity contribution in [3.05, 3.63) is 59.1 Å². The molecule has 134 valence electrons. The summed E-state index contributed by atoms with van der Waals surface area (Å²) in [7, 11) is 0. The first kappa shape index (κ1) is 18.0. The molecule has 0 saturated heterocycles. The van der Waals surface area contributed by atoms with Crippen LogP contribution in [-0.4, -0.2) is 29.9 Å². The van der Waals surface area contributed by atoms with Crippen LogP contribution in [0.2, 0.25) is 0 Å². The normalized spacial score (nSPS) is 10.7. The molecule has 26 heavy (non-hydrogen) atoms. The Bertz CT molecular complexity index is 890. The molecular formula is C19H20N4O2S. The Morgan fingerprint density at radius 1 is 1.08 bits per heavy atom. The summed E-state index contributed by atoms with van der Waals surface area (Å²) in [6.45, 7) is 0.751. The van der Waals surface area contributed by atoms with E-state index in [2.05, 4.69) is 15.6 Å². The number of aryl methyl sites for hydroxylation is 1. The topological polar surface area (TPSA) is 97.1 Å². The third-order valence-corrected chi connectivity index (χ3v) is 4.88. The number of para-hydroxylation sites is 2. The van der Waals surface area contributed by atoms with E-state index in [1.54, 1.807) is 35.6 Å². The molecule has 0 aliphatic heterocycles. The van der Waals surface area contributed by atoms with Gasteiger partial charge in [0.15, 0.2) is 0 Å². The summed E-state index contributed by atoms with van der Waals surface area (Å²) in [5.41, 5.74) is 7.28. The average Bonchev–Trinajstić information content (AvgIpc) is 3.08. The van der Waals surface area contributed by atoms with Crippen molar-refractivity contribution in [2.45, 2.75) is 12.8 Å². The molecule has 1 heterocycles. The lowest BCUT2D eigenvalue weighted by Gasteiger charge is -2.10. The maximum atomic E-state index is 12.3. The fourth-order valence-corrected chi connectivity index (χ4v) is 3.50. The maximum Gasteiger partial charge on any atom is 0.253 e. The highest BCUT2D eigenvalue weighted by atomic mass is 32.1. The Hall–Kier alpha value is -2.77. The number of benzene rings is 2. The van der Waals surface area contributed by atoms with Gasteiger partial charge in [-0.3, -0.25) is 9.59 Å². The molecule has 3 aromatic rings. The highest BCUT2D eigenvalue weighted by Crippen LogP contribution is 2.22. The van der Waals surface area contributed by atoms with Crippen LogP contribution in [0.4, 0.5) is 5.69 Å². The van der Waals surface area contributed by atoms with Crippen LogP contribution in [0.1, 0.15) is 21.8 Å². The van der Waals surface area contributed by atoms with E-state index in [9.17, 15) is 9.59 Å². The molecule has 0 atom stereocenters. The molecule has 2 amide bonds. The lowest BCUT2D eigenvalue weighted by atomic mass is 10.1. The number of nitrogens with zero attached hydrogens (tertiary/aromatic N) is 1. The number of nitrogens with two attached hydrogens (primary N) is 1. The first-order chi connectivity index (χ1) is 12.7. The predicted molar refractivity (Wildman–Crippen MR) is 104 cm³/mol. The summed E-state index contributed by atoms with van der Waals surface area (Å²) in [6, 6.07) is 14.8. The lowest BCUT2D eigenvalue weighted by molar-refractivity contribution is -0.116. The molecule has 0 spiro atoms. The fourth-order valence-electron chi connectivity index (χ4n) is 2.53. The summed E-state index contributed by atoms with van der Waals surface area (Å²) in [5, 5.41) is 6.46. The minimum absolute atomic E-state index is 0.150. The second-order valence-electron chi connectivity index (χ2n) is 5.71. The van der Waals surface area contributed by atoms with Crippen molar-refractivity contribution in [3.63, 3.8) is 0 Å². The van der Waals surface area contributed by atoms with Gasteiger partial charge in [-0.1, -0.05) is 24.3 Å². The van der Waals surface area contributed by atoms with Gasteiger partial charge in [0, 0.05) is 25.9 Å². The van der Waals surface area contributed by atoms with Gasteiger partial charge in [-0.05, 0) is 24.3 Å². The number of hydrogen-bond acceptors (Lipinski definition) is 5. The Kier molecular flexibility index (Phi) is 5.93. The van der Waals surface area contributed by atoms with Gasteiger partial charge in [0.05, 0.1) is 26.5 Å². The van der Waals surface area contributed by atoms with Crippen molar-refractivity contribution < 1.29 is 9.59 Å². The Morgan fingerprint density at radius 3 is 2.65 bits per heavy atom. The molecule has 0 fully saturated rings. The number of aromatic nitrogens is 1. The number of fused-ring (bicyclic) bond motifs is 1. The number of carbonyl (C=O) groups excluding carboxylic acids is 2. The molecule has 4 N–H and O–H groups in total. The Balaban J connectivity index is 1.62. The zero-order valence-electron chi connectivity index (χ0n) is 14.2. The third-order valence-electron chi connectivity index (χ3n) is 3.78. The van der Waals surface area contributed by atoms with Crippen molar-refractivity contribution in [2.75, 3.05) is 18.4 Å². The van der Waals surface area contributed by atoms with Gasteiger partial charge in [-0.15, -0.1) is 11.3 Å². The van der Waals surface area contributed by atoms with Crippen LogP contribution < -0.4 is 16.4 Å². The van der Waals surface area contributed by atoms with Crippen LogP contribution >= 0.6 is 11.3 Å². The molecular weight excluding hydrogens is 348 g/mol. The second kappa shape index (κ2) is 8.55. The van der Waals surface area contributed by atoms with E-state index in [-0.39, 0.29) is 11.8 Å². The van der Waals surface area contributed by atoms with E-state index in [0.29, 0.717) is 37.2 Å². The number of hydrogen-bond donors (Lipinski definition) is 3. The first-order valence-corrected chi connectivity index (χ1v) is 9.20. The molecule has 3 rings (SSSR count). The molecule has 0 aliphatic carbocycles. The molecule has 0 radical (unpaired) electrons. The first-order valence-electron chi connectivity index (χ1n) is 8.39. The van der Waals surface area contributed by atoms with Crippen LogP contribution in [0.3, 0.4) is 0 Å². The Morgan fingerprint density at radius 2 is 1.85 bits per heavy atom. The second-order valence-corrected chi connectivity index (χ2v) is 6.83. The molecule has 6 nitrogen and oxygen atoms in total. The molecule has 0 saturated carbocycles. The molecule has 2 aromatic carbocycles. The number of amides is 2. The molecule has 1 aromatic heterocycles. The number of carbonyl (C=O) groups is 2. The van der Waals surface area contributed by atoms with Gasteiger partial charge in [0.2, 0.25) is 5.91 Å². The lowest BCUT2D eigenvalue weighted by Crippen LogP contribution is -2.30. The zero-order chi connectivity index (χ0) is 18.4. The highest BCUT2D eigenvalue weighted by molar-refractivity contribution is 7.18. The van der Waals surface area contributed by atoms with Gasteiger partial charge in [0.1, 0.15) is 0 Å². The Labute approximate surface area is 155 Å². The van der Waals surface area contributed by atoms with Gasteiger partial charge < -0.3 is 16.4 Å². The molecule has 7 heteroatoms. The van der Waals surface area contributed by atoms with E-state index in [0.717, 1.165) is 15.2 Å². The van der Waals surface area contributed by atoms with E-state index in [1.165, 1.54) is 0 Å². The quantitative estimate of drug-likeness (QED) is 0.597. The minimum Gasteiger partial charge on any atom is -0.351 e. The van der Waals surface area contributed by atoms with E-state index in [4.69, 9.17) is 5.73 Å². The van der Waals surface area contributed by atoms with Crippen molar-refractivity contribution in [3.8, 4) is 0 Å². The molecule has 0 aliphatic rings. The van der Waals surface area contributed by atoms with Crippen LogP contribution in [-0.2, 0) is 11.2 Å². The van der Waals surface area contributed by atoms with Gasteiger partial charge in [-0.2, -0.15) is 0 Å². The van der Waals surface area contributed by atoms with Crippen molar-refractivity contribution in [1.29, 1.82) is 0 Å². The SMILES string of the molecule is NCCNC(=O)c1ccccc1NC(=O)CCc1nc2ccccc2s1. The van der Waals surface area contributed by atoms with Crippen LogP contribution in [0.25, 0.3) is 10.2 Å². The van der Waals surface area contributed by atoms with Crippen molar-refractivity contribution in [2.24, 2.45) is 5.73 Å².